The topological polar surface area (TPSA) is 78.1 Å². The van der Waals surface area contributed by atoms with Crippen LogP contribution in [0.3, 0.4) is 0 Å². The van der Waals surface area contributed by atoms with E-state index in [0.717, 1.165) is 18.7 Å². The number of rotatable bonds is 4. The van der Waals surface area contributed by atoms with Crippen LogP contribution in [0.4, 0.5) is 0 Å². The minimum Gasteiger partial charge on any atom is -0.461 e. The van der Waals surface area contributed by atoms with Crippen LogP contribution in [0.5, 0.6) is 0 Å². The molecule has 94 valence electrons. The fourth-order valence-electron chi connectivity index (χ4n) is 1.50. The molecule has 1 saturated carbocycles. The monoisotopic (exact) mass is 265 g/mol. The van der Waals surface area contributed by atoms with E-state index in [9.17, 15) is 4.79 Å². The molecule has 1 fully saturated rings. The summed E-state index contributed by atoms with van der Waals surface area (Å²) >= 11 is 1.21. The van der Waals surface area contributed by atoms with Gasteiger partial charge in [-0.15, -0.1) is 11.3 Å². The van der Waals surface area contributed by atoms with E-state index in [1.807, 2.05) is 0 Å². The van der Waals surface area contributed by atoms with Gasteiger partial charge in [-0.05, 0) is 19.8 Å². The molecule has 7 heteroatoms. The van der Waals surface area contributed by atoms with Gasteiger partial charge >= 0.3 is 5.97 Å². The Kier molecular flexibility index (Phi) is 2.83. The zero-order valence-electron chi connectivity index (χ0n) is 9.75. The van der Waals surface area contributed by atoms with E-state index in [-0.39, 0.29) is 0 Å². The molecule has 2 aromatic heterocycles. The Balaban J connectivity index is 1.80. The van der Waals surface area contributed by atoms with Crippen molar-refractivity contribution in [3.05, 3.63) is 16.2 Å². The standard InChI is InChI=1S/C11H11N3O3S/c1-2-16-11(15)10-12-7(5-18-10)9-13-8(14-17-9)6-3-4-6/h5-6H,2-4H2,1H3. The maximum absolute atomic E-state index is 11.5. The van der Waals surface area contributed by atoms with Gasteiger partial charge in [0, 0.05) is 11.3 Å². The lowest BCUT2D eigenvalue weighted by atomic mass is 10.4. The van der Waals surface area contributed by atoms with Crippen LogP contribution >= 0.6 is 11.3 Å². The van der Waals surface area contributed by atoms with Crippen LogP contribution in [0.25, 0.3) is 11.6 Å². The summed E-state index contributed by atoms with van der Waals surface area (Å²) in [6.07, 6.45) is 2.23. The molecular formula is C11H11N3O3S. The highest BCUT2D eigenvalue weighted by molar-refractivity contribution is 7.11. The van der Waals surface area contributed by atoms with Crippen molar-refractivity contribution in [3.8, 4) is 11.6 Å². The summed E-state index contributed by atoms with van der Waals surface area (Å²) in [4.78, 5) is 19.9. The van der Waals surface area contributed by atoms with Gasteiger partial charge in [0.1, 0.15) is 5.69 Å². The molecule has 18 heavy (non-hydrogen) atoms. The maximum Gasteiger partial charge on any atom is 0.367 e. The number of esters is 1. The zero-order chi connectivity index (χ0) is 12.5. The molecule has 0 aliphatic heterocycles. The summed E-state index contributed by atoms with van der Waals surface area (Å²) in [6.45, 7) is 2.09. The van der Waals surface area contributed by atoms with E-state index < -0.39 is 5.97 Å². The second kappa shape index (κ2) is 4.49. The van der Waals surface area contributed by atoms with Crippen LogP contribution in [0.2, 0.25) is 0 Å². The third-order valence-corrected chi connectivity index (χ3v) is 3.38. The Hall–Kier alpha value is -1.76. The van der Waals surface area contributed by atoms with Crippen molar-refractivity contribution < 1.29 is 14.1 Å². The third-order valence-electron chi connectivity index (χ3n) is 2.56. The van der Waals surface area contributed by atoms with Crippen LogP contribution < -0.4 is 0 Å². The van der Waals surface area contributed by atoms with E-state index in [2.05, 4.69) is 15.1 Å². The van der Waals surface area contributed by atoms with Crippen LogP contribution in [0.15, 0.2) is 9.90 Å². The minimum absolute atomic E-state index is 0.304. The lowest BCUT2D eigenvalue weighted by Gasteiger charge is -1.95. The Morgan fingerprint density at radius 3 is 3.11 bits per heavy atom. The molecule has 0 bridgehead atoms. The van der Waals surface area contributed by atoms with Gasteiger partial charge in [-0.25, -0.2) is 9.78 Å². The van der Waals surface area contributed by atoms with Crippen molar-refractivity contribution in [2.45, 2.75) is 25.7 Å². The molecule has 2 heterocycles. The van der Waals surface area contributed by atoms with Gasteiger partial charge < -0.3 is 9.26 Å². The van der Waals surface area contributed by atoms with Crippen LogP contribution in [-0.2, 0) is 4.74 Å². The van der Waals surface area contributed by atoms with E-state index in [4.69, 9.17) is 9.26 Å². The minimum atomic E-state index is -0.421. The number of ether oxygens (including phenoxy) is 1. The predicted molar refractivity (Wildman–Crippen MR) is 63.3 cm³/mol. The average Bonchev–Trinajstić information content (AvgIpc) is 2.93. The number of hydrogen-bond donors (Lipinski definition) is 0. The molecule has 1 aliphatic rings. The molecule has 0 saturated heterocycles. The summed E-state index contributed by atoms with van der Waals surface area (Å²) in [5.74, 6) is 1.11. The number of hydrogen-bond acceptors (Lipinski definition) is 7. The van der Waals surface area contributed by atoms with Crippen molar-refractivity contribution in [1.29, 1.82) is 0 Å². The van der Waals surface area contributed by atoms with Gasteiger partial charge in [-0.2, -0.15) is 4.98 Å². The van der Waals surface area contributed by atoms with E-state index in [1.54, 1.807) is 12.3 Å². The van der Waals surface area contributed by atoms with Gasteiger partial charge in [0.25, 0.3) is 5.89 Å². The van der Waals surface area contributed by atoms with E-state index in [0.29, 0.717) is 29.1 Å². The van der Waals surface area contributed by atoms with Crippen LogP contribution in [-0.4, -0.2) is 27.7 Å². The molecule has 3 rings (SSSR count). The van der Waals surface area contributed by atoms with E-state index in [1.165, 1.54) is 11.3 Å². The molecule has 0 radical (unpaired) electrons. The SMILES string of the molecule is CCOC(=O)c1nc(-c2nc(C3CC3)no2)cs1. The quantitative estimate of drug-likeness (QED) is 0.789. The number of carbonyl (C=O) groups excluding carboxylic acids is 1. The van der Waals surface area contributed by atoms with Gasteiger partial charge in [-0.1, -0.05) is 5.16 Å². The number of thiazole rings is 1. The van der Waals surface area contributed by atoms with Crippen molar-refractivity contribution in [2.75, 3.05) is 6.61 Å². The second-order valence-electron chi connectivity index (χ2n) is 3.99. The molecule has 0 aromatic carbocycles. The van der Waals surface area contributed by atoms with Crippen molar-refractivity contribution in [2.24, 2.45) is 0 Å². The predicted octanol–water partition coefficient (Wildman–Crippen LogP) is 2.25. The third kappa shape index (κ3) is 2.13. The smallest absolute Gasteiger partial charge is 0.367 e. The first kappa shape index (κ1) is 11.3. The van der Waals surface area contributed by atoms with Gasteiger partial charge in [0.15, 0.2) is 5.82 Å². The molecule has 0 unspecified atom stereocenters. The summed E-state index contributed by atoms with van der Waals surface area (Å²) in [7, 11) is 0. The normalized spacial score (nSPS) is 14.7. The largest absolute Gasteiger partial charge is 0.461 e. The first-order valence-electron chi connectivity index (χ1n) is 5.74. The number of nitrogens with zero attached hydrogens (tertiary/aromatic N) is 3. The fraction of sp³-hybridized carbons (Fsp3) is 0.455. The Bertz CT molecular complexity index is 574. The van der Waals surface area contributed by atoms with Crippen molar-refractivity contribution >= 4 is 17.3 Å². The summed E-state index contributed by atoms with van der Waals surface area (Å²) < 4.78 is 10.0. The first-order chi connectivity index (χ1) is 8.78. The summed E-state index contributed by atoms with van der Waals surface area (Å²) in [5.41, 5.74) is 0.530. The van der Waals surface area contributed by atoms with Gasteiger partial charge in [0.05, 0.1) is 6.61 Å². The molecular weight excluding hydrogens is 254 g/mol. The lowest BCUT2D eigenvalue weighted by molar-refractivity contribution is 0.0526. The lowest BCUT2D eigenvalue weighted by Crippen LogP contribution is -2.03. The van der Waals surface area contributed by atoms with Crippen LogP contribution in [0.1, 0.15) is 41.3 Å². The highest BCUT2D eigenvalue weighted by Gasteiger charge is 2.29. The molecule has 6 nitrogen and oxygen atoms in total. The molecule has 2 aromatic rings. The molecule has 1 aliphatic carbocycles. The van der Waals surface area contributed by atoms with Crippen molar-refractivity contribution in [1.82, 2.24) is 15.1 Å². The van der Waals surface area contributed by atoms with Gasteiger partial charge in [0.2, 0.25) is 5.01 Å². The van der Waals surface area contributed by atoms with Crippen molar-refractivity contribution in [3.63, 3.8) is 0 Å². The summed E-state index contributed by atoms with van der Waals surface area (Å²) in [6, 6.07) is 0. The summed E-state index contributed by atoms with van der Waals surface area (Å²) in [5, 5.41) is 5.93. The molecule has 0 amide bonds. The van der Waals surface area contributed by atoms with E-state index >= 15 is 0 Å². The highest BCUT2D eigenvalue weighted by atomic mass is 32.1. The number of aromatic nitrogens is 3. The zero-order valence-corrected chi connectivity index (χ0v) is 10.6. The Morgan fingerprint density at radius 1 is 1.56 bits per heavy atom. The molecule has 0 atom stereocenters. The second-order valence-corrected chi connectivity index (χ2v) is 4.85. The number of carbonyl (C=O) groups is 1. The Morgan fingerprint density at radius 2 is 2.39 bits per heavy atom. The maximum atomic E-state index is 11.5. The van der Waals surface area contributed by atoms with Gasteiger partial charge in [-0.3, -0.25) is 0 Å². The fourth-order valence-corrected chi connectivity index (χ4v) is 2.19. The van der Waals surface area contributed by atoms with Crippen LogP contribution in [0, 0.1) is 0 Å². The highest BCUT2D eigenvalue weighted by Crippen LogP contribution is 2.38. The Labute approximate surface area is 107 Å². The molecule has 0 N–H and O–H groups in total. The average molecular weight is 265 g/mol. The first-order valence-corrected chi connectivity index (χ1v) is 6.62. The molecule has 0 spiro atoms.